The van der Waals surface area contributed by atoms with Crippen molar-refractivity contribution >= 4 is 5.95 Å². The zero-order valence-corrected chi connectivity index (χ0v) is 9.09. The van der Waals surface area contributed by atoms with Crippen LogP contribution in [-0.2, 0) is 6.54 Å². The standard InChI is InChI=1S/C9H11N5.ClH/c1-2-13-9(10)14(12-11-13)8-6-4-3-5-7-8;/h3-7,10H,2H2,1H3;1H. The molecule has 0 aliphatic rings. The van der Waals surface area contributed by atoms with Crippen LogP contribution in [0.15, 0.2) is 30.3 Å². The first kappa shape index (κ1) is 11.5. The third kappa shape index (κ3) is 2.07. The predicted octanol–water partition coefficient (Wildman–Crippen LogP) is -2.84. The van der Waals surface area contributed by atoms with Gasteiger partial charge >= 0.3 is 5.95 Å². The molecule has 5 nitrogen and oxygen atoms in total. The highest BCUT2D eigenvalue weighted by atomic mass is 35.5. The molecule has 2 aromatic rings. The van der Waals surface area contributed by atoms with Crippen LogP contribution < -0.4 is 22.8 Å². The summed E-state index contributed by atoms with van der Waals surface area (Å²) in [6.07, 6.45) is 0. The van der Waals surface area contributed by atoms with E-state index in [1.165, 1.54) is 0 Å². The number of nitrogen functional groups attached to an aromatic ring is 1. The number of nitrogens with two attached hydrogens (primary N) is 1. The van der Waals surface area contributed by atoms with Crippen molar-refractivity contribution in [3.8, 4) is 5.69 Å². The van der Waals surface area contributed by atoms with Crippen molar-refractivity contribution in [3.63, 3.8) is 0 Å². The maximum absolute atomic E-state index is 5.85. The maximum Gasteiger partial charge on any atom is 0.367 e. The Bertz CT molecular complexity index is 425. The van der Waals surface area contributed by atoms with E-state index in [2.05, 4.69) is 10.4 Å². The molecule has 6 heteroatoms. The van der Waals surface area contributed by atoms with E-state index in [0.717, 1.165) is 12.2 Å². The minimum atomic E-state index is 0. The van der Waals surface area contributed by atoms with Gasteiger partial charge in [-0.05, 0) is 19.1 Å². The number of tetrazole rings is 1. The Hall–Kier alpha value is -1.62. The van der Waals surface area contributed by atoms with Gasteiger partial charge in [-0.15, -0.1) is 4.68 Å². The van der Waals surface area contributed by atoms with Gasteiger partial charge in [-0.2, -0.15) is 0 Å². The van der Waals surface area contributed by atoms with Crippen LogP contribution in [0.4, 0.5) is 5.95 Å². The molecule has 0 saturated heterocycles. The Balaban J connectivity index is 0.00000112. The Kier molecular flexibility index (Phi) is 3.62. The molecule has 1 aromatic heterocycles. The van der Waals surface area contributed by atoms with Gasteiger partial charge in [0.25, 0.3) is 0 Å². The average molecular weight is 226 g/mol. The summed E-state index contributed by atoms with van der Waals surface area (Å²) in [5.74, 6) is 0.540. The van der Waals surface area contributed by atoms with Crippen molar-refractivity contribution in [2.45, 2.75) is 13.5 Å². The summed E-state index contributed by atoms with van der Waals surface area (Å²) in [5, 5.41) is 7.88. The third-order valence-corrected chi connectivity index (χ3v) is 2.02. The number of para-hydroxylation sites is 1. The van der Waals surface area contributed by atoms with Gasteiger partial charge in [-0.25, -0.2) is 0 Å². The van der Waals surface area contributed by atoms with E-state index in [0.29, 0.717) is 5.95 Å². The van der Waals surface area contributed by atoms with Gasteiger partial charge < -0.3 is 18.1 Å². The van der Waals surface area contributed by atoms with Crippen molar-refractivity contribution in [3.05, 3.63) is 30.3 Å². The summed E-state index contributed by atoms with van der Waals surface area (Å²) >= 11 is 0. The maximum atomic E-state index is 5.85. The number of anilines is 1. The molecule has 2 rings (SSSR count). The lowest BCUT2D eigenvalue weighted by atomic mass is 10.3. The molecule has 0 aliphatic heterocycles. The molecular formula is C9H12ClN5. The zero-order valence-electron chi connectivity index (χ0n) is 8.34. The fourth-order valence-electron chi connectivity index (χ4n) is 1.27. The fraction of sp³-hybridized carbons (Fsp3) is 0.222. The van der Waals surface area contributed by atoms with Gasteiger partial charge in [0, 0.05) is 0 Å². The fourth-order valence-corrected chi connectivity index (χ4v) is 1.27. The van der Waals surface area contributed by atoms with Gasteiger partial charge in [0.05, 0.1) is 11.8 Å². The van der Waals surface area contributed by atoms with E-state index in [-0.39, 0.29) is 12.4 Å². The van der Waals surface area contributed by atoms with Crippen LogP contribution in [0, 0.1) is 0 Å². The molecular weight excluding hydrogens is 214 g/mol. The lowest BCUT2D eigenvalue weighted by Crippen LogP contribution is -3.00. The van der Waals surface area contributed by atoms with E-state index in [9.17, 15) is 0 Å². The topological polar surface area (TPSA) is 60.6 Å². The molecule has 0 spiro atoms. The first-order valence-corrected chi connectivity index (χ1v) is 4.49. The highest BCUT2D eigenvalue weighted by molar-refractivity contribution is 5.33. The summed E-state index contributed by atoms with van der Waals surface area (Å²) in [5.41, 5.74) is 6.77. The molecule has 0 bridgehead atoms. The smallest absolute Gasteiger partial charge is 0.367 e. The molecule has 80 valence electrons. The number of benzene rings is 1. The summed E-state index contributed by atoms with van der Waals surface area (Å²) in [4.78, 5) is 0. The number of aromatic nitrogens is 4. The largest absolute Gasteiger partial charge is 1.00 e. The van der Waals surface area contributed by atoms with Crippen LogP contribution in [0.3, 0.4) is 0 Å². The normalized spacial score (nSPS) is 9.67. The van der Waals surface area contributed by atoms with Gasteiger partial charge in [0.15, 0.2) is 0 Å². The lowest BCUT2D eigenvalue weighted by molar-refractivity contribution is -0.738. The summed E-state index contributed by atoms with van der Waals surface area (Å²) in [6, 6.07) is 9.69. The highest BCUT2D eigenvalue weighted by Gasteiger charge is 2.15. The van der Waals surface area contributed by atoms with Crippen molar-refractivity contribution in [2.24, 2.45) is 0 Å². The van der Waals surface area contributed by atoms with E-state index in [1.54, 1.807) is 9.36 Å². The molecule has 0 unspecified atom stereocenters. The molecule has 0 atom stereocenters. The van der Waals surface area contributed by atoms with Crippen molar-refractivity contribution in [1.29, 1.82) is 0 Å². The van der Waals surface area contributed by atoms with E-state index in [4.69, 9.17) is 5.73 Å². The summed E-state index contributed by atoms with van der Waals surface area (Å²) in [6.45, 7) is 2.69. The summed E-state index contributed by atoms with van der Waals surface area (Å²) in [7, 11) is 0. The molecule has 1 heterocycles. The van der Waals surface area contributed by atoms with E-state index < -0.39 is 0 Å². The second-order valence-corrected chi connectivity index (χ2v) is 2.90. The molecule has 0 radical (unpaired) electrons. The second-order valence-electron chi connectivity index (χ2n) is 2.90. The molecule has 2 N–H and O–H groups in total. The van der Waals surface area contributed by atoms with Crippen LogP contribution >= 0.6 is 0 Å². The van der Waals surface area contributed by atoms with Gasteiger partial charge in [-0.1, -0.05) is 22.9 Å². The molecule has 0 aliphatic carbocycles. The molecule has 15 heavy (non-hydrogen) atoms. The predicted molar refractivity (Wildman–Crippen MR) is 51.6 cm³/mol. The quantitative estimate of drug-likeness (QED) is 0.561. The van der Waals surface area contributed by atoms with Crippen LogP contribution in [-0.4, -0.2) is 15.1 Å². The number of hydrogen-bond acceptors (Lipinski definition) is 3. The minimum absolute atomic E-state index is 0. The lowest BCUT2D eigenvalue weighted by Gasteiger charge is -1.94. The first-order valence-electron chi connectivity index (χ1n) is 4.49. The average Bonchev–Trinajstić information content (AvgIpc) is 2.61. The van der Waals surface area contributed by atoms with Gasteiger partial charge in [0.1, 0.15) is 10.9 Å². The van der Waals surface area contributed by atoms with Crippen molar-refractivity contribution in [1.82, 2.24) is 15.1 Å². The SMILES string of the molecule is CC[n+]1nnn(-c2ccccc2)c1N.[Cl-]. The van der Waals surface area contributed by atoms with Crippen molar-refractivity contribution in [2.75, 3.05) is 5.73 Å². The first-order chi connectivity index (χ1) is 6.83. The Morgan fingerprint density at radius 2 is 2.00 bits per heavy atom. The Labute approximate surface area is 93.9 Å². The zero-order chi connectivity index (χ0) is 9.97. The van der Waals surface area contributed by atoms with Crippen LogP contribution in [0.2, 0.25) is 0 Å². The van der Waals surface area contributed by atoms with Crippen molar-refractivity contribution < 1.29 is 17.1 Å². The third-order valence-electron chi connectivity index (χ3n) is 2.02. The number of aryl methyl sites for hydroxylation is 1. The van der Waals surface area contributed by atoms with Gasteiger partial charge in [-0.3, -0.25) is 0 Å². The monoisotopic (exact) mass is 225 g/mol. The molecule has 1 aromatic carbocycles. The molecule has 0 fully saturated rings. The van der Waals surface area contributed by atoms with E-state index in [1.807, 2.05) is 37.3 Å². The second kappa shape index (κ2) is 4.75. The minimum Gasteiger partial charge on any atom is -1.00 e. The van der Waals surface area contributed by atoms with E-state index >= 15 is 0 Å². The number of rotatable bonds is 2. The van der Waals surface area contributed by atoms with Crippen LogP contribution in [0.1, 0.15) is 6.92 Å². The molecule has 0 saturated carbocycles. The van der Waals surface area contributed by atoms with Gasteiger partial charge in [0.2, 0.25) is 0 Å². The Morgan fingerprint density at radius 3 is 2.53 bits per heavy atom. The molecule has 0 amide bonds. The Morgan fingerprint density at radius 1 is 1.33 bits per heavy atom. The summed E-state index contributed by atoms with van der Waals surface area (Å²) < 4.78 is 3.26. The number of halogens is 1. The number of nitrogens with zero attached hydrogens (tertiary/aromatic N) is 4. The highest BCUT2D eigenvalue weighted by Crippen LogP contribution is 2.06. The van der Waals surface area contributed by atoms with Crippen LogP contribution in [0.25, 0.3) is 5.69 Å². The number of hydrogen-bond donors (Lipinski definition) is 1. The van der Waals surface area contributed by atoms with Crippen LogP contribution in [0.5, 0.6) is 0 Å².